The van der Waals surface area contributed by atoms with Crippen LogP contribution in [0.3, 0.4) is 0 Å². The summed E-state index contributed by atoms with van der Waals surface area (Å²) in [7, 11) is 1.94. The number of nitrogens with zero attached hydrogens (tertiary/aromatic N) is 4. The third-order valence-corrected chi connectivity index (χ3v) is 6.93. The van der Waals surface area contributed by atoms with Gasteiger partial charge in [0.2, 0.25) is 5.95 Å². The highest BCUT2D eigenvalue weighted by molar-refractivity contribution is 7.22. The van der Waals surface area contributed by atoms with Crippen molar-refractivity contribution < 1.29 is 4.79 Å². The molecule has 0 spiro atoms. The number of fused-ring (bicyclic) bond motifs is 2. The lowest BCUT2D eigenvalue weighted by Crippen LogP contribution is -2.37. The van der Waals surface area contributed by atoms with Crippen molar-refractivity contribution >= 4 is 61.2 Å². The van der Waals surface area contributed by atoms with Crippen LogP contribution in [0.15, 0.2) is 36.4 Å². The second-order valence-electron chi connectivity index (χ2n) is 8.00. The summed E-state index contributed by atoms with van der Waals surface area (Å²) >= 11 is 7.60. The van der Waals surface area contributed by atoms with E-state index in [0.717, 1.165) is 52.4 Å². The predicted octanol–water partition coefficient (Wildman–Crippen LogP) is 3.34. The molecular weight excluding hydrogens is 446 g/mol. The number of amides is 1. The number of thiazole rings is 1. The molecule has 2 aromatic heterocycles. The maximum atomic E-state index is 12.8. The van der Waals surface area contributed by atoms with Crippen molar-refractivity contribution in [2.75, 3.05) is 31.5 Å². The van der Waals surface area contributed by atoms with Crippen LogP contribution in [0.4, 0.5) is 11.1 Å². The van der Waals surface area contributed by atoms with Crippen LogP contribution in [-0.2, 0) is 7.05 Å². The summed E-state index contributed by atoms with van der Waals surface area (Å²) in [5.41, 5.74) is 8.81. The average Bonchev–Trinajstić information content (AvgIpc) is 3.46. The fraction of sp³-hybridized carbons (Fsp3) is 0.318. The lowest BCUT2D eigenvalue weighted by Gasteiger charge is -2.15. The summed E-state index contributed by atoms with van der Waals surface area (Å²) in [4.78, 5) is 24.4. The molecular formula is C22H24ClN7OS. The molecule has 0 bridgehead atoms. The fourth-order valence-corrected chi connectivity index (χ4v) is 5.24. The normalized spacial score (nSPS) is 16.8. The summed E-state index contributed by atoms with van der Waals surface area (Å²) in [6.07, 6.45) is 0.943. The number of aromatic nitrogens is 3. The maximum absolute atomic E-state index is 12.8. The Hall–Kier alpha value is -2.72. The zero-order valence-electron chi connectivity index (χ0n) is 17.6. The first-order valence-corrected chi connectivity index (χ1v) is 11.7. The van der Waals surface area contributed by atoms with Crippen LogP contribution >= 0.6 is 22.9 Å². The van der Waals surface area contributed by atoms with Gasteiger partial charge in [-0.25, -0.2) is 9.97 Å². The van der Waals surface area contributed by atoms with Gasteiger partial charge in [-0.15, -0.1) is 0 Å². The van der Waals surface area contributed by atoms with Gasteiger partial charge in [-0.05, 0) is 42.8 Å². The van der Waals surface area contributed by atoms with E-state index in [9.17, 15) is 4.79 Å². The van der Waals surface area contributed by atoms with Crippen molar-refractivity contribution in [2.45, 2.75) is 12.5 Å². The van der Waals surface area contributed by atoms with Crippen molar-refractivity contribution in [1.82, 2.24) is 24.8 Å². The van der Waals surface area contributed by atoms with Gasteiger partial charge in [-0.3, -0.25) is 9.69 Å². The van der Waals surface area contributed by atoms with Crippen molar-refractivity contribution in [1.29, 1.82) is 0 Å². The van der Waals surface area contributed by atoms with E-state index >= 15 is 0 Å². The molecule has 1 fully saturated rings. The second kappa shape index (κ2) is 8.67. The summed E-state index contributed by atoms with van der Waals surface area (Å²) in [5.74, 6) is 0.589. The number of nitrogens with one attached hydrogen (secondary N) is 2. The highest BCUT2D eigenvalue weighted by Crippen LogP contribution is 2.31. The number of aryl methyl sites for hydroxylation is 1. The highest BCUT2D eigenvalue weighted by Gasteiger charge is 2.24. The van der Waals surface area contributed by atoms with Gasteiger partial charge in [0, 0.05) is 49.9 Å². The van der Waals surface area contributed by atoms with Gasteiger partial charge in [-0.1, -0.05) is 22.9 Å². The van der Waals surface area contributed by atoms with E-state index in [1.165, 1.54) is 11.3 Å². The molecule has 5 rings (SSSR count). The number of hydrogen-bond donors (Lipinski definition) is 3. The monoisotopic (exact) mass is 469 g/mol. The number of carbonyl (C=O) groups excluding carboxylic acids is 1. The minimum absolute atomic E-state index is 0.0743. The first-order chi connectivity index (χ1) is 15.5. The number of carbonyl (C=O) groups is 1. The lowest BCUT2D eigenvalue weighted by molar-refractivity contribution is 0.0938. The summed E-state index contributed by atoms with van der Waals surface area (Å²) in [5, 5.41) is 7.86. The molecule has 3 heterocycles. The molecule has 1 aliphatic rings. The van der Waals surface area contributed by atoms with E-state index in [4.69, 9.17) is 22.3 Å². The van der Waals surface area contributed by atoms with Gasteiger partial charge >= 0.3 is 0 Å². The Labute approximate surface area is 194 Å². The molecule has 8 nitrogen and oxygen atoms in total. The van der Waals surface area contributed by atoms with E-state index in [-0.39, 0.29) is 11.9 Å². The number of halogens is 1. The Kier molecular flexibility index (Phi) is 5.73. The molecule has 1 atom stereocenters. The number of benzene rings is 2. The third-order valence-electron chi connectivity index (χ3n) is 5.77. The predicted molar refractivity (Wildman–Crippen MR) is 130 cm³/mol. The highest BCUT2D eigenvalue weighted by atomic mass is 35.5. The number of likely N-dealkylation sites (tertiary alicyclic amines) is 1. The third kappa shape index (κ3) is 4.16. The Morgan fingerprint density at radius 1 is 1.25 bits per heavy atom. The SMILES string of the molecule is Cn1c(Nc2nc3ccc(Cl)cc3s2)nc2cc(C(=O)NC3CCN(CCN)C3)ccc21. The summed E-state index contributed by atoms with van der Waals surface area (Å²) in [6.45, 7) is 3.31. The van der Waals surface area contributed by atoms with Crippen LogP contribution in [0.2, 0.25) is 5.02 Å². The van der Waals surface area contributed by atoms with Crippen LogP contribution in [-0.4, -0.2) is 57.6 Å². The molecule has 166 valence electrons. The van der Waals surface area contributed by atoms with Crippen LogP contribution in [0.25, 0.3) is 21.3 Å². The topological polar surface area (TPSA) is 101 Å². The average molecular weight is 470 g/mol. The van der Waals surface area contributed by atoms with Gasteiger partial charge in [0.25, 0.3) is 5.91 Å². The van der Waals surface area contributed by atoms with Crippen LogP contribution < -0.4 is 16.4 Å². The molecule has 2 aromatic carbocycles. The molecule has 0 saturated carbocycles. The molecule has 0 radical (unpaired) electrons. The number of imidazole rings is 1. The minimum atomic E-state index is -0.0743. The Balaban J connectivity index is 1.34. The molecule has 1 amide bonds. The molecule has 1 aliphatic heterocycles. The lowest BCUT2D eigenvalue weighted by atomic mass is 10.1. The molecule has 10 heteroatoms. The minimum Gasteiger partial charge on any atom is -0.348 e. The molecule has 4 N–H and O–H groups in total. The smallest absolute Gasteiger partial charge is 0.251 e. The van der Waals surface area contributed by atoms with Crippen molar-refractivity contribution in [3.63, 3.8) is 0 Å². The van der Waals surface area contributed by atoms with Gasteiger partial charge in [0.05, 0.1) is 21.3 Å². The van der Waals surface area contributed by atoms with Crippen LogP contribution in [0, 0.1) is 0 Å². The van der Waals surface area contributed by atoms with E-state index in [1.54, 1.807) is 0 Å². The van der Waals surface area contributed by atoms with E-state index < -0.39 is 0 Å². The van der Waals surface area contributed by atoms with Gasteiger partial charge < -0.3 is 20.9 Å². The van der Waals surface area contributed by atoms with E-state index in [2.05, 4.69) is 20.5 Å². The van der Waals surface area contributed by atoms with Crippen molar-refractivity contribution in [3.8, 4) is 0 Å². The number of hydrogen-bond acceptors (Lipinski definition) is 7. The van der Waals surface area contributed by atoms with Gasteiger partial charge in [0.15, 0.2) is 5.13 Å². The summed E-state index contributed by atoms with van der Waals surface area (Å²) in [6, 6.07) is 11.4. The second-order valence-corrected chi connectivity index (χ2v) is 9.47. The molecule has 1 unspecified atom stereocenters. The first-order valence-electron chi connectivity index (χ1n) is 10.5. The van der Waals surface area contributed by atoms with Gasteiger partial charge in [-0.2, -0.15) is 0 Å². The molecule has 0 aliphatic carbocycles. The molecule has 4 aromatic rings. The fourth-order valence-electron chi connectivity index (χ4n) is 4.11. The zero-order chi connectivity index (χ0) is 22.2. The molecule has 32 heavy (non-hydrogen) atoms. The Bertz CT molecular complexity index is 1300. The van der Waals surface area contributed by atoms with Crippen LogP contribution in [0.1, 0.15) is 16.8 Å². The van der Waals surface area contributed by atoms with Gasteiger partial charge in [0.1, 0.15) is 0 Å². The Morgan fingerprint density at radius 3 is 2.97 bits per heavy atom. The number of anilines is 2. The molecule has 1 saturated heterocycles. The summed E-state index contributed by atoms with van der Waals surface area (Å²) < 4.78 is 2.97. The Morgan fingerprint density at radius 2 is 2.12 bits per heavy atom. The maximum Gasteiger partial charge on any atom is 0.251 e. The van der Waals surface area contributed by atoms with Crippen LogP contribution in [0.5, 0.6) is 0 Å². The standard InChI is InChI=1S/C22H24ClN7OS/c1-29-18-5-2-13(20(31)25-15-6-8-30(12-15)9-7-24)10-17(18)26-21(29)28-22-27-16-4-3-14(23)11-19(16)32-22/h2-5,10-11,15H,6-9,12,24H2,1H3,(H,25,31)(H,26,27,28). The number of nitrogens with two attached hydrogens (primary N) is 1. The largest absolute Gasteiger partial charge is 0.348 e. The van der Waals surface area contributed by atoms with E-state index in [0.29, 0.717) is 23.1 Å². The van der Waals surface area contributed by atoms with Crippen molar-refractivity contribution in [3.05, 3.63) is 47.0 Å². The quantitative estimate of drug-likeness (QED) is 0.400. The van der Waals surface area contributed by atoms with E-state index in [1.807, 2.05) is 48.0 Å². The number of rotatable bonds is 6. The zero-order valence-corrected chi connectivity index (χ0v) is 19.2. The van der Waals surface area contributed by atoms with Crippen molar-refractivity contribution in [2.24, 2.45) is 12.8 Å². The first kappa shape index (κ1) is 21.1.